The van der Waals surface area contributed by atoms with E-state index >= 15 is 0 Å². The van der Waals surface area contributed by atoms with Gasteiger partial charge in [0.2, 0.25) is 0 Å². The summed E-state index contributed by atoms with van der Waals surface area (Å²) in [6.45, 7) is 0. The molecule has 1 aliphatic carbocycles. The lowest BCUT2D eigenvalue weighted by Crippen LogP contribution is -2.36. The normalized spacial score (nSPS) is 30.5. The van der Waals surface area contributed by atoms with Crippen molar-refractivity contribution in [1.82, 2.24) is 9.97 Å². The number of rotatable bonds is 2. The van der Waals surface area contributed by atoms with Crippen LogP contribution in [0, 0.1) is 5.92 Å². The van der Waals surface area contributed by atoms with Crippen molar-refractivity contribution in [1.29, 1.82) is 0 Å². The second-order valence-electron chi connectivity index (χ2n) is 5.19. The van der Waals surface area contributed by atoms with Gasteiger partial charge in [-0.15, -0.1) is 0 Å². The molecule has 1 aromatic carbocycles. The summed E-state index contributed by atoms with van der Waals surface area (Å²) in [5.74, 6) is -0.464. The number of fused-ring (bicyclic) bond motifs is 1. The quantitative estimate of drug-likeness (QED) is 0.754. The number of H-pyrrole nitrogens is 1. The molecular weight excluding hydrogens is 388 g/mol. The molecule has 0 amide bonds. The van der Waals surface area contributed by atoms with Gasteiger partial charge in [0.15, 0.2) is 0 Å². The summed E-state index contributed by atoms with van der Waals surface area (Å²) < 4.78 is 0. The third-order valence-corrected chi connectivity index (χ3v) is 6.65. The number of carbonyl (C=O) groups is 1. The van der Waals surface area contributed by atoms with Crippen molar-refractivity contribution < 1.29 is 9.90 Å². The van der Waals surface area contributed by atoms with Crippen LogP contribution in [-0.2, 0) is 4.79 Å². The number of nitrogens with one attached hydrogen (secondary N) is 1. The molecule has 3 rings (SSSR count). The maximum absolute atomic E-state index is 11.5. The Morgan fingerprint density at radius 3 is 2.65 bits per heavy atom. The molecule has 0 saturated heterocycles. The van der Waals surface area contributed by atoms with E-state index in [-0.39, 0.29) is 15.6 Å². The van der Waals surface area contributed by atoms with Crippen LogP contribution in [0.15, 0.2) is 24.3 Å². The Labute approximate surface area is 133 Å². The maximum atomic E-state index is 11.5. The van der Waals surface area contributed by atoms with Crippen LogP contribution in [0.2, 0.25) is 0 Å². The molecule has 1 saturated carbocycles. The van der Waals surface area contributed by atoms with Gasteiger partial charge in [-0.2, -0.15) is 0 Å². The molecule has 106 valence electrons. The Balaban J connectivity index is 1.98. The number of para-hydroxylation sites is 2. The van der Waals surface area contributed by atoms with Crippen molar-refractivity contribution >= 4 is 48.9 Å². The second-order valence-corrected chi connectivity index (χ2v) is 7.55. The summed E-state index contributed by atoms with van der Waals surface area (Å²) >= 11 is 7.19. The number of aliphatic carboxylic acids is 1. The summed E-state index contributed by atoms with van der Waals surface area (Å²) in [4.78, 5) is 19.8. The molecule has 0 spiro atoms. The Morgan fingerprint density at radius 1 is 1.25 bits per heavy atom. The van der Waals surface area contributed by atoms with Gasteiger partial charge in [-0.3, -0.25) is 4.79 Å². The molecule has 1 fully saturated rings. The molecular formula is C14H14Br2N2O2. The minimum Gasteiger partial charge on any atom is -0.481 e. The first-order valence-electron chi connectivity index (χ1n) is 6.52. The summed E-state index contributed by atoms with van der Waals surface area (Å²) in [5.41, 5.74) is 1.84. The molecule has 20 heavy (non-hydrogen) atoms. The van der Waals surface area contributed by atoms with Gasteiger partial charge >= 0.3 is 5.97 Å². The van der Waals surface area contributed by atoms with E-state index in [1.165, 1.54) is 0 Å². The topological polar surface area (TPSA) is 66.0 Å². The lowest BCUT2D eigenvalue weighted by molar-refractivity contribution is -0.143. The Hall–Kier alpha value is -0.880. The van der Waals surface area contributed by atoms with Crippen molar-refractivity contribution in [2.45, 2.75) is 28.4 Å². The van der Waals surface area contributed by atoms with E-state index in [2.05, 4.69) is 41.8 Å². The average molecular weight is 402 g/mol. The molecule has 1 aromatic heterocycles. The number of aromatic nitrogens is 2. The Morgan fingerprint density at radius 2 is 1.95 bits per heavy atom. The Kier molecular flexibility index (Phi) is 3.86. The first kappa shape index (κ1) is 14.1. The van der Waals surface area contributed by atoms with E-state index in [1.807, 2.05) is 24.3 Å². The van der Waals surface area contributed by atoms with Crippen molar-refractivity contribution in [3.8, 4) is 0 Å². The van der Waals surface area contributed by atoms with E-state index in [1.54, 1.807) is 0 Å². The number of hydrogen-bond donors (Lipinski definition) is 2. The van der Waals surface area contributed by atoms with Crippen LogP contribution in [0.1, 0.15) is 24.6 Å². The summed E-state index contributed by atoms with van der Waals surface area (Å²) in [5, 5.41) is 9.47. The van der Waals surface area contributed by atoms with Gasteiger partial charge in [0.05, 0.1) is 17.0 Å². The molecule has 1 heterocycles. The van der Waals surface area contributed by atoms with Gasteiger partial charge in [0, 0.05) is 15.6 Å². The van der Waals surface area contributed by atoms with E-state index in [0.29, 0.717) is 6.42 Å². The summed E-state index contributed by atoms with van der Waals surface area (Å²) in [6, 6.07) is 7.78. The number of aromatic amines is 1. The SMILES string of the molecule is O=C(O)C1CC(Br)C(Br)CC1c1nc2ccccc2[nH]1. The maximum Gasteiger partial charge on any atom is 0.307 e. The highest BCUT2D eigenvalue weighted by molar-refractivity contribution is 9.12. The lowest BCUT2D eigenvalue weighted by atomic mass is 9.78. The molecule has 4 unspecified atom stereocenters. The zero-order valence-corrected chi connectivity index (χ0v) is 13.8. The first-order chi connectivity index (χ1) is 9.56. The fourth-order valence-electron chi connectivity index (χ4n) is 2.83. The van der Waals surface area contributed by atoms with Gasteiger partial charge in [-0.05, 0) is 25.0 Å². The lowest BCUT2D eigenvalue weighted by Gasteiger charge is -2.33. The van der Waals surface area contributed by atoms with E-state index in [0.717, 1.165) is 23.3 Å². The number of carboxylic acids is 1. The number of alkyl halides is 2. The van der Waals surface area contributed by atoms with E-state index < -0.39 is 11.9 Å². The third kappa shape index (κ3) is 2.51. The van der Waals surface area contributed by atoms with Crippen LogP contribution in [0.4, 0.5) is 0 Å². The first-order valence-corrected chi connectivity index (χ1v) is 8.35. The number of benzene rings is 1. The highest BCUT2D eigenvalue weighted by atomic mass is 79.9. The van der Waals surface area contributed by atoms with Gasteiger partial charge in [-0.25, -0.2) is 4.98 Å². The van der Waals surface area contributed by atoms with Crippen molar-refractivity contribution in [2.75, 3.05) is 0 Å². The van der Waals surface area contributed by atoms with Crippen LogP contribution in [-0.4, -0.2) is 30.7 Å². The molecule has 0 aliphatic heterocycles. The largest absolute Gasteiger partial charge is 0.481 e. The molecule has 6 heteroatoms. The van der Waals surface area contributed by atoms with Gasteiger partial charge in [0.25, 0.3) is 0 Å². The highest BCUT2D eigenvalue weighted by Crippen LogP contribution is 2.42. The molecule has 2 aromatic rings. The van der Waals surface area contributed by atoms with Gasteiger partial charge < -0.3 is 10.1 Å². The molecule has 0 bridgehead atoms. The fraction of sp³-hybridized carbons (Fsp3) is 0.429. The highest BCUT2D eigenvalue weighted by Gasteiger charge is 2.40. The predicted octanol–water partition coefficient (Wildman–Crippen LogP) is 3.67. The smallest absolute Gasteiger partial charge is 0.307 e. The number of halogens is 2. The van der Waals surface area contributed by atoms with Crippen molar-refractivity contribution in [3.63, 3.8) is 0 Å². The van der Waals surface area contributed by atoms with Gasteiger partial charge in [-0.1, -0.05) is 44.0 Å². The monoisotopic (exact) mass is 400 g/mol. The van der Waals surface area contributed by atoms with Crippen molar-refractivity contribution in [2.24, 2.45) is 5.92 Å². The molecule has 0 radical (unpaired) electrons. The minimum absolute atomic E-state index is 0.0851. The zero-order chi connectivity index (χ0) is 14.3. The average Bonchev–Trinajstić information content (AvgIpc) is 2.84. The van der Waals surface area contributed by atoms with E-state index in [4.69, 9.17) is 0 Å². The van der Waals surface area contributed by atoms with Crippen LogP contribution in [0.3, 0.4) is 0 Å². The van der Waals surface area contributed by atoms with Gasteiger partial charge in [0.1, 0.15) is 5.82 Å². The molecule has 1 aliphatic rings. The second kappa shape index (κ2) is 5.48. The summed E-state index contributed by atoms with van der Waals surface area (Å²) in [7, 11) is 0. The zero-order valence-electron chi connectivity index (χ0n) is 10.6. The summed E-state index contributed by atoms with van der Waals surface area (Å²) in [6.07, 6.45) is 1.36. The van der Waals surface area contributed by atoms with Crippen LogP contribution < -0.4 is 0 Å². The standard InChI is InChI=1S/C14H14Br2N2O2/c15-9-5-7(8(14(19)20)6-10(9)16)13-17-11-3-1-2-4-12(11)18-13/h1-4,7-10H,5-6H2,(H,17,18)(H,19,20). The third-order valence-electron chi connectivity index (χ3n) is 3.91. The molecule has 2 N–H and O–H groups in total. The Bertz CT molecular complexity index is 610. The minimum atomic E-state index is -0.751. The van der Waals surface area contributed by atoms with Crippen molar-refractivity contribution in [3.05, 3.63) is 30.1 Å². The van der Waals surface area contributed by atoms with Crippen LogP contribution >= 0.6 is 31.9 Å². The number of carboxylic acid groups (broad SMARTS) is 1. The predicted molar refractivity (Wildman–Crippen MR) is 84.6 cm³/mol. The number of nitrogens with zero attached hydrogens (tertiary/aromatic N) is 1. The molecule has 4 atom stereocenters. The fourth-order valence-corrected chi connectivity index (χ4v) is 4.07. The van der Waals surface area contributed by atoms with E-state index in [9.17, 15) is 9.90 Å². The molecule has 4 nitrogen and oxygen atoms in total. The number of imidazole rings is 1. The number of hydrogen-bond acceptors (Lipinski definition) is 2. The van der Waals surface area contributed by atoms with Crippen LogP contribution in [0.25, 0.3) is 11.0 Å². The van der Waals surface area contributed by atoms with Crippen LogP contribution in [0.5, 0.6) is 0 Å².